The Morgan fingerprint density at radius 1 is 1.29 bits per heavy atom. The molecule has 21 heavy (non-hydrogen) atoms. The first-order chi connectivity index (χ1) is 10.3. The van der Waals surface area contributed by atoms with E-state index in [-0.39, 0.29) is 0 Å². The van der Waals surface area contributed by atoms with E-state index in [4.69, 9.17) is 5.73 Å². The highest BCUT2D eigenvalue weighted by Gasteiger charge is 2.06. The summed E-state index contributed by atoms with van der Waals surface area (Å²) in [6.07, 6.45) is 5.96. The number of anilines is 2. The van der Waals surface area contributed by atoms with Crippen molar-refractivity contribution in [3.8, 4) is 5.69 Å². The van der Waals surface area contributed by atoms with Gasteiger partial charge in [-0.3, -0.25) is 0 Å². The second-order valence-corrected chi connectivity index (χ2v) is 5.03. The average Bonchev–Trinajstić information content (AvgIpc) is 3.01. The topological polar surface area (TPSA) is 68.8 Å². The molecule has 2 heterocycles. The molecular formula is C16H19N5. The van der Waals surface area contributed by atoms with E-state index >= 15 is 0 Å². The summed E-state index contributed by atoms with van der Waals surface area (Å²) in [6, 6.07) is 9.90. The number of benzene rings is 1. The molecular weight excluding hydrogens is 262 g/mol. The molecule has 0 bridgehead atoms. The van der Waals surface area contributed by atoms with E-state index in [1.54, 1.807) is 6.20 Å². The molecule has 1 aromatic carbocycles. The lowest BCUT2D eigenvalue weighted by atomic mass is 10.1. The fourth-order valence-electron chi connectivity index (χ4n) is 2.35. The van der Waals surface area contributed by atoms with Crippen LogP contribution in [0.2, 0.25) is 0 Å². The van der Waals surface area contributed by atoms with Crippen LogP contribution in [0.25, 0.3) is 16.6 Å². The number of nitrogens with two attached hydrogens (primary N) is 1. The predicted molar refractivity (Wildman–Crippen MR) is 86.7 cm³/mol. The summed E-state index contributed by atoms with van der Waals surface area (Å²) in [4.78, 5) is 4.43. The van der Waals surface area contributed by atoms with Gasteiger partial charge in [0.05, 0.1) is 11.2 Å². The number of fused-ring (bicyclic) bond motifs is 1. The third-order valence-electron chi connectivity index (χ3n) is 3.43. The molecule has 5 nitrogen and oxygen atoms in total. The molecule has 0 saturated heterocycles. The highest BCUT2D eigenvalue weighted by Crippen LogP contribution is 2.26. The molecule has 0 unspecified atom stereocenters. The van der Waals surface area contributed by atoms with Gasteiger partial charge < -0.3 is 11.1 Å². The molecule has 2 aromatic heterocycles. The molecule has 3 aromatic rings. The van der Waals surface area contributed by atoms with Crippen LogP contribution in [0.5, 0.6) is 0 Å². The number of pyridine rings is 1. The number of unbranched alkanes of at least 4 members (excludes halogenated alkanes) is 1. The van der Waals surface area contributed by atoms with Gasteiger partial charge in [-0.25, -0.2) is 9.67 Å². The van der Waals surface area contributed by atoms with Gasteiger partial charge in [-0.2, -0.15) is 5.10 Å². The number of nitrogens with one attached hydrogen (secondary N) is 1. The van der Waals surface area contributed by atoms with E-state index in [1.165, 1.54) is 0 Å². The minimum Gasteiger partial charge on any atom is -0.384 e. The van der Waals surface area contributed by atoms with Gasteiger partial charge >= 0.3 is 0 Å². The van der Waals surface area contributed by atoms with Crippen molar-refractivity contribution in [2.75, 3.05) is 17.6 Å². The van der Waals surface area contributed by atoms with Crippen molar-refractivity contribution in [3.05, 3.63) is 42.7 Å². The number of hydrogen-bond acceptors (Lipinski definition) is 4. The molecule has 0 aliphatic rings. The second kappa shape index (κ2) is 5.83. The quantitative estimate of drug-likeness (QED) is 0.705. The van der Waals surface area contributed by atoms with Gasteiger partial charge in [-0.05, 0) is 30.7 Å². The first kappa shape index (κ1) is 13.4. The highest BCUT2D eigenvalue weighted by atomic mass is 15.3. The Kier molecular flexibility index (Phi) is 3.73. The molecule has 0 saturated carbocycles. The molecule has 0 aliphatic carbocycles. The van der Waals surface area contributed by atoms with Crippen LogP contribution < -0.4 is 11.1 Å². The number of rotatable bonds is 5. The summed E-state index contributed by atoms with van der Waals surface area (Å²) in [5.41, 5.74) is 8.82. The molecule has 3 N–H and O–H groups in total. The number of hydrogen-bond donors (Lipinski definition) is 2. The van der Waals surface area contributed by atoms with Gasteiger partial charge in [-0.15, -0.1) is 0 Å². The normalized spacial score (nSPS) is 10.9. The third kappa shape index (κ3) is 2.81. The van der Waals surface area contributed by atoms with Crippen molar-refractivity contribution in [1.29, 1.82) is 0 Å². The monoisotopic (exact) mass is 281 g/mol. The van der Waals surface area contributed by atoms with Crippen LogP contribution in [0, 0.1) is 0 Å². The van der Waals surface area contributed by atoms with Crippen LogP contribution in [0.4, 0.5) is 11.5 Å². The van der Waals surface area contributed by atoms with Crippen molar-refractivity contribution < 1.29 is 0 Å². The Hall–Kier alpha value is -2.56. The minimum absolute atomic E-state index is 0.527. The lowest BCUT2D eigenvalue weighted by Crippen LogP contribution is -2.04. The van der Waals surface area contributed by atoms with Gasteiger partial charge in [0, 0.05) is 36.1 Å². The zero-order valence-corrected chi connectivity index (χ0v) is 12.1. The third-order valence-corrected chi connectivity index (χ3v) is 3.43. The van der Waals surface area contributed by atoms with E-state index in [0.717, 1.165) is 41.7 Å². The largest absolute Gasteiger partial charge is 0.384 e. The molecule has 0 radical (unpaired) electrons. The van der Waals surface area contributed by atoms with Crippen LogP contribution in [0.15, 0.2) is 42.7 Å². The summed E-state index contributed by atoms with van der Waals surface area (Å²) in [5.74, 6) is 0.527. The van der Waals surface area contributed by atoms with Crippen LogP contribution in [0.1, 0.15) is 19.8 Å². The van der Waals surface area contributed by atoms with Crippen molar-refractivity contribution in [2.45, 2.75) is 19.8 Å². The maximum absolute atomic E-state index is 5.92. The molecule has 108 valence electrons. The summed E-state index contributed by atoms with van der Waals surface area (Å²) in [5, 5.41) is 8.76. The van der Waals surface area contributed by atoms with Gasteiger partial charge in [0.25, 0.3) is 0 Å². The molecule has 5 heteroatoms. The minimum atomic E-state index is 0.527. The zero-order valence-electron chi connectivity index (χ0n) is 12.1. The maximum Gasteiger partial charge on any atom is 0.126 e. The van der Waals surface area contributed by atoms with E-state index < -0.39 is 0 Å². The lowest BCUT2D eigenvalue weighted by molar-refractivity contribution is 0.835. The van der Waals surface area contributed by atoms with Crippen molar-refractivity contribution in [1.82, 2.24) is 14.8 Å². The van der Waals surface area contributed by atoms with E-state index in [0.29, 0.717) is 5.82 Å². The fourth-order valence-corrected chi connectivity index (χ4v) is 2.35. The molecule has 0 atom stereocenters. The van der Waals surface area contributed by atoms with Crippen LogP contribution in [-0.4, -0.2) is 21.3 Å². The van der Waals surface area contributed by atoms with Crippen molar-refractivity contribution >= 4 is 22.4 Å². The molecule has 0 fully saturated rings. The van der Waals surface area contributed by atoms with Gasteiger partial charge in [0.15, 0.2) is 0 Å². The Bertz CT molecular complexity index is 734. The summed E-state index contributed by atoms with van der Waals surface area (Å²) < 4.78 is 1.81. The SMILES string of the molecule is CCCCNc1cc(N)nc2cc(-n3cccn3)ccc12. The Morgan fingerprint density at radius 2 is 2.19 bits per heavy atom. The standard InChI is InChI=1S/C16H19N5/c1-2-3-7-18-14-11-16(17)20-15-10-12(5-6-13(14)15)21-9-4-8-19-21/h4-6,8-11H,2-3,7H2,1H3,(H3,17,18,20). The number of nitrogen functional groups attached to an aromatic ring is 1. The van der Waals surface area contributed by atoms with Gasteiger partial charge in [-0.1, -0.05) is 13.3 Å². The smallest absolute Gasteiger partial charge is 0.126 e. The van der Waals surface area contributed by atoms with Crippen LogP contribution in [-0.2, 0) is 0 Å². The number of aromatic nitrogens is 3. The van der Waals surface area contributed by atoms with E-state index in [2.05, 4.69) is 28.4 Å². The highest BCUT2D eigenvalue weighted by molar-refractivity contribution is 5.93. The average molecular weight is 281 g/mol. The Balaban J connectivity index is 2.01. The Morgan fingerprint density at radius 3 is 2.95 bits per heavy atom. The second-order valence-electron chi connectivity index (χ2n) is 5.03. The summed E-state index contributed by atoms with van der Waals surface area (Å²) in [7, 11) is 0. The van der Waals surface area contributed by atoms with Crippen molar-refractivity contribution in [3.63, 3.8) is 0 Å². The maximum atomic E-state index is 5.92. The zero-order chi connectivity index (χ0) is 14.7. The lowest BCUT2D eigenvalue weighted by Gasteiger charge is -2.11. The summed E-state index contributed by atoms with van der Waals surface area (Å²) >= 11 is 0. The van der Waals surface area contributed by atoms with E-state index in [9.17, 15) is 0 Å². The predicted octanol–water partition coefficient (Wildman–Crippen LogP) is 3.21. The van der Waals surface area contributed by atoms with Crippen LogP contribution >= 0.6 is 0 Å². The fraction of sp³-hybridized carbons (Fsp3) is 0.250. The number of nitrogens with zero attached hydrogens (tertiary/aromatic N) is 3. The van der Waals surface area contributed by atoms with Crippen molar-refractivity contribution in [2.24, 2.45) is 0 Å². The summed E-state index contributed by atoms with van der Waals surface area (Å²) in [6.45, 7) is 3.12. The molecule has 0 aliphatic heterocycles. The Labute approximate surface area is 123 Å². The molecule has 0 amide bonds. The molecule has 3 rings (SSSR count). The van der Waals surface area contributed by atoms with E-state index in [1.807, 2.05) is 35.1 Å². The molecule has 0 spiro atoms. The first-order valence-corrected chi connectivity index (χ1v) is 7.22. The first-order valence-electron chi connectivity index (χ1n) is 7.22. The van der Waals surface area contributed by atoms with Crippen LogP contribution in [0.3, 0.4) is 0 Å². The van der Waals surface area contributed by atoms with Gasteiger partial charge in [0.1, 0.15) is 5.82 Å². The van der Waals surface area contributed by atoms with Gasteiger partial charge in [0.2, 0.25) is 0 Å².